The number of hydrogen-bond donors (Lipinski definition) is 2. The van der Waals surface area contributed by atoms with Crippen LogP contribution in [0.5, 0.6) is 0 Å². The number of carbonyl (C=O) groups is 2. The number of halogens is 3. The van der Waals surface area contributed by atoms with E-state index in [9.17, 15) is 18.0 Å². The number of nitrogens with one attached hydrogen (secondary N) is 1. The van der Waals surface area contributed by atoms with Crippen LogP contribution >= 0.6 is 0 Å². The summed E-state index contributed by atoms with van der Waals surface area (Å²) in [4.78, 5) is 23.0. The van der Waals surface area contributed by atoms with Gasteiger partial charge in [0.1, 0.15) is 12.3 Å². The molecule has 136 valence electrons. The Bertz CT molecular complexity index is 668. The number of hydrogen-bond acceptors (Lipinski definition) is 5. The molecule has 2 bridgehead atoms. The quantitative estimate of drug-likeness (QED) is 0.786. The summed E-state index contributed by atoms with van der Waals surface area (Å²) in [6, 6.07) is 3.49. The largest absolute Gasteiger partial charge is 0.490 e. The second kappa shape index (κ2) is 7.57. The molecule has 0 radical (unpaired) electrons. The standard InChI is InChI=1S/C13H15N3O2.C2HF3O2/c14-3-9-2-12(18-8-9)13(17)16-6-10-1-11(7-16)5-15-4-10;3-2(4,5)1(6)7/h2,8,10-11,15H,1,4-7H2;(H,6,7)/t10-,11+;. The molecule has 3 rings (SSSR count). The first kappa shape index (κ1) is 18.8. The average Bonchev–Trinajstić information content (AvgIpc) is 3.02. The summed E-state index contributed by atoms with van der Waals surface area (Å²) in [6.45, 7) is 3.54. The number of nitrogens with zero attached hydrogens (tertiary/aromatic N) is 2. The number of alkyl halides is 3. The number of furan rings is 1. The van der Waals surface area contributed by atoms with Gasteiger partial charge in [0.15, 0.2) is 5.76 Å². The smallest absolute Gasteiger partial charge is 0.475 e. The zero-order valence-electron chi connectivity index (χ0n) is 13.0. The van der Waals surface area contributed by atoms with Crippen molar-refractivity contribution in [3.63, 3.8) is 0 Å². The molecule has 2 saturated heterocycles. The van der Waals surface area contributed by atoms with E-state index < -0.39 is 12.1 Å². The summed E-state index contributed by atoms with van der Waals surface area (Å²) < 4.78 is 36.9. The molecule has 0 unspecified atom stereocenters. The van der Waals surface area contributed by atoms with Crippen molar-refractivity contribution in [3.05, 3.63) is 23.7 Å². The highest BCUT2D eigenvalue weighted by atomic mass is 19.4. The number of fused-ring (bicyclic) bond motifs is 2. The van der Waals surface area contributed by atoms with E-state index in [1.165, 1.54) is 18.8 Å². The first-order valence-corrected chi connectivity index (χ1v) is 7.49. The molecular formula is C15H16F3N3O4. The number of likely N-dealkylation sites (tertiary alicyclic amines) is 1. The van der Waals surface area contributed by atoms with Gasteiger partial charge in [-0.1, -0.05) is 0 Å². The van der Waals surface area contributed by atoms with Gasteiger partial charge in [-0.25, -0.2) is 4.79 Å². The van der Waals surface area contributed by atoms with E-state index in [2.05, 4.69) is 5.32 Å². The Morgan fingerprint density at radius 3 is 2.32 bits per heavy atom. The van der Waals surface area contributed by atoms with Gasteiger partial charge in [0.25, 0.3) is 5.91 Å². The van der Waals surface area contributed by atoms with Crippen LogP contribution < -0.4 is 5.32 Å². The van der Waals surface area contributed by atoms with Crippen molar-refractivity contribution in [3.8, 4) is 6.07 Å². The van der Waals surface area contributed by atoms with Gasteiger partial charge < -0.3 is 19.7 Å². The summed E-state index contributed by atoms with van der Waals surface area (Å²) in [5, 5.41) is 19.3. The fourth-order valence-corrected chi connectivity index (χ4v) is 2.93. The fourth-order valence-electron chi connectivity index (χ4n) is 2.93. The van der Waals surface area contributed by atoms with E-state index in [0.717, 1.165) is 26.2 Å². The van der Waals surface area contributed by atoms with Crippen molar-refractivity contribution in [2.45, 2.75) is 12.6 Å². The molecule has 0 aliphatic carbocycles. The van der Waals surface area contributed by atoms with Crippen LogP contribution in [0.2, 0.25) is 0 Å². The highest BCUT2D eigenvalue weighted by Crippen LogP contribution is 2.25. The lowest BCUT2D eigenvalue weighted by molar-refractivity contribution is -0.192. The molecule has 3 heterocycles. The van der Waals surface area contributed by atoms with Crippen LogP contribution in [0, 0.1) is 23.2 Å². The maximum absolute atomic E-state index is 12.3. The number of aliphatic carboxylic acids is 1. The first-order chi connectivity index (χ1) is 11.7. The van der Waals surface area contributed by atoms with Gasteiger partial charge in [0.05, 0.1) is 5.56 Å². The maximum atomic E-state index is 12.3. The molecule has 0 saturated carbocycles. The molecule has 10 heteroatoms. The Labute approximate surface area is 141 Å². The molecule has 7 nitrogen and oxygen atoms in total. The Morgan fingerprint density at radius 1 is 1.32 bits per heavy atom. The topological polar surface area (TPSA) is 107 Å². The Hall–Kier alpha value is -2.54. The number of carboxylic acid groups (broad SMARTS) is 1. The molecule has 1 aromatic rings. The molecule has 2 N–H and O–H groups in total. The van der Waals surface area contributed by atoms with Crippen molar-refractivity contribution in [2.24, 2.45) is 11.8 Å². The number of nitriles is 1. The van der Waals surface area contributed by atoms with Crippen LogP contribution in [0.3, 0.4) is 0 Å². The van der Waals surface area contributed by atoms with Crippen LogP contribution in [-0.2, 0) is 4.79 Å². The van der Waals surface area contributed by atoms with Gasteiger partial charge in [-0.05, 0) is 31.3 Å². The minimum Gasteiger partial charge on any atom is -0.475 e. The van der Waals surface area contributed by atoms with Crippen LogP contribution in [0.25, 0.3) is 0 Å². The van der Waals surface area contributed by atoms with Gasteiger partial charge in [0.2, 0.25) is 0 Å². The molecule has 25 heavy (non-hydrogen) atoms. The van der Waals surface area contributed by atoms with Gasteiger partial charge in [-0.15, -0.1) is 0 Å². The van der Waals surface area contributed by atoms with E-state index in [4.69, 9.17) is 19.6 Å². The summed E-state index contributed by atoms with van der Waals surface area (Å²) in [6.07, 6.45) is -2.54. The number of rotatable bonds is 1. The van der Waals surface area contributed by atoms with E-state index in [0.29, 0.717) is 17.4 Å². The number of piperidine rings is 2. The van der Waals surface area contributed by atoms with E-state index in [1.807, 2.05) is 11.0 Å². The summed E-state index contributed by atoms with van der Waals surface area (Å²) in [7, 11) is 0. The van der Waals surface area contributed by atoms with E-state index in [-0.39, 0.29) is 11.7 Å². The normalized spacial score (nSPS) is 22.4. The summed E-state index contributed by atoms with van der Waals surface area (Å²) in [5.41, 5.74) is 0.400. The molecule has 1 amide bonds. The van der Waals surface area contributed by atoms with Gasteiger partial charge in [0, 0.05) is 19.2 Å². The summed E-state index contributed by atoms with van der Waals surface area (Å²) >= 11 is 0. The zero-order chi connectivity index (χ0) is 18.6. The number of carbonyl (C=O) groups excluding carboxylic acids is 1. The van der Waals surface area contributed by atoms with Crippen molar-refractivity contribution in [1.29, 1.82) is 5.26 Å². The highest BCUT2D eigenvalue weighted by molar-refractivity contribution is 5.92. The predicted molar refractivity (Wildman–Crippen MR) is 77.5 cm³/mol. The third-order valence-corrected chi connectivity index (χ3v) is 3.96. The van der Waals surface area contributed by atoms with Crippen LogP contribution in [0.1, 0.15) is 22.5 Å². The lowest BCUT2D eigenvalue weighted by atomic mass is 9.86. The monoisotopic (exact) mass is 359 g/mol. The molecule has 1 aromatic heterocycles. The fraction of sp³-hybridized carbons (Fsp3) is 0.533. The second-order valence-electron chi connectivity index (χ2n) is 5.95. The average molecular weight is 359 g/mol. The van der Waals surface area contributed by atoms with Crippen LogP contribution in [-0.4, -0.2) is 54.2 Å². The van der Waals surface area contributed by atoms with Crippen molar-refractivity contribution in [1.82, 2.24) is 10.2 Å². The maximum Gasteiger partial charge on any atom is 0.490 e. The molecule has 0 aromatic carbocycles. The Kier molecular flexibility index (Phi) is 5.69. The van der Waals surface area contributed by atoms with Crippen LogP contribution in [0.15, 0.2) is 16.7 Å². The van der Waals surface area contributed by atoms with E-state index >= 15 is 0 Å². The minimum absolute atomic E-state index is 0.0897. The number of amides is 1. The third kappa shape index (κ3) is 4.96. The molecule has 0 spiro atoms. The SMILES string of the molecule is N#Cc1coc(C(=O)N2C[C@@H]3CNC[C@@H](C3)C2)c1.O=C(O)C(F)(F)F. The molecular weight excluding hydrogens is 343 g/mol. The highest BCUT2D eigenvalue weighted by Gasteiger charge is 2.38. The second-order valence-corrected chi connectivity index (χ2v) is 5.95. The Morgan fingerprint density at radius 2 is 1.88 bits per heavy atom. The molecule has 2 aliphatic heterocycles. The van der Waals surface area contributed by atoms with Gasteiger partial charge in [-0.2, -0.15) is 18.4 Å². The van der Waals surface area contributed by atoms with Crippen molar-refractivity contribution in [2.75, 3.05) is 26.2 Å². The van der Waals surface area contributed by atoms with Gasteiger partial charge in [-0.3, -0.25) is 4.79 Å². The van der Waals surface area contributed by atoms with E-state index in [1.54, 1.807) is 0 Å². The van der Waals surface area contributed by atoms with Crippen molar-refractivity contribution < 1.29 is 32.3 Å². The minimum atomic E-state index is -5.08. The molecule has 2 aliphatic rings. The lowest BCUT2D eigenvalue weighted by Gasteiger charge is -2.41. The lowest BCUT2D eigenvalue weighted by Crippen LogP contribution is -2.52. The number of carboxylic acids is 1. The molecule has 2 atom stereocenters. The Balaban J connectivity index is 0.000000277. The van der Waals surface area contributed by atoms with Gasteiger partial charge >= 0.3 is 12.1 Å². The third-order valence-electron chi connectivity index (χ3n) is 3.96. The summed E-state index contributed by atoms with van der Waals surface area (Å²) in [5.74, 6) is -1.47. The van der Waals surface area contributed by atoms with Crippen LogP contribution in [0.4, 0.5) is 13.2 Å². The first-order valence-electron chi connectivity index (χ1n) is 7.49. The zero-order valence-corrected chi connectivity index (χ0v) is 13.0. The van der Waals surface area contributed by atoms with Crippen molar-refractivity contribution >= 4 is 11.9 Å². The molecule has 2 fully saturated rings. The predicted octanol–water partition coefficient (Wildman–Crippen LogP) is 1.47.